The van der Waals surface area contributed by atoms with Gasteiger partial charge in [-0.25, -0.2) is 9.89 Å². The summed E-state index contributed by atoms with van der Waals surface area (Å²) in [6, 6.07) is 12.6. The van der Waals surface area contributed by atoms with Gasteiger partial charge >= 0.3 is 6.09 Å². The SMILES string of the molecule is Cn1ncc(-c2ccc3c(=O)[nH]nc(CNC(=O)OC(C)(C)C)c3c2)c1-c1cc(Cl)ccc1C#N. The first-order valence-corrected chi connectivity index (χ1v) is 11.2. The molecule has 0 saturated heterocycles. The minimum Gasteiger partial charge on any atom is -0.444 e. The number of hydrogen-bond acceptors (Lipinski definition) is 6. The number of halogens is 1. The molecule has 10 heteroatoms. The van der Waals surface area contributed by atoms with Crippen LogP contribution < -0.4 is 10.9 Å². The predicted molar refractivity (Wildman–Crippen MR) is 133 cm³/mol. The molecule has 0 atom stereocenters. The number of nitrogens with zero attached hydrogens (tertiary/aromatic N) is 4. The first-order chi connectivity index (χ1) is 16.6. The highest BCUT2D eigenvalue weighted by molar-refractivity contribution is 6.31. The third-order valence-corrected chi connectivity index (χ3v) is 5.51. The molecule has 0 spiro atoms. The highest BCUT2D eigenvalue weighted by Crippen LogP contribution is 2.36. The van der Waals surface area contributed by atoms with Crippen LogP contribution in [0, 0.1) is 11.3 Å². The molecule has 4 aromatic rings. The van der Waals surface area contributed by atoms with E-state index in [2.05, 4.69) is 26.7 Å². The largest absolute Gasteiger partial charge is 0.444 e. The van der Waals surface area contributed by atoms with Crippen LogP contribution in [0.25, 0.3) is 33.2 Å². The van der Waals surface area contributed by atoms with E-state index in [1.165, 1.54) is 0 Å². The van der Waals surface area contributed by atoms with E-state index in [4.69, 9.17) is 16.3 Å². The van der Waals surface area contributed by atoms with Gasteiger partial charge in [-0.05, 0) is 56.7 Å². The molecule has 1 amide bonds. The number of fused-ring (bicyclic) bond motifs is 1. The van der Waals surface area contributed by atoms with Crippen LogP contribution in [0.4, 0.5) is 4.79 Å². The normalized spacial score (nSPS) is 11.3. The van der Waals surface area contributed by atoms with Crippen molar-refractivity contribution >= 4 is 28.5 Å². The number of aryl methyl sites for hydroxylation is 1. The predicted octanol–water partition coefficient (Wildman–Crippen LogP) is 4.54. The maximum absolute atomic E-state index is 12.4. The fraction of sp³-hybridized carbons (Fsp3) is 0.240. The number of H-pyrrole nitrogens is 1. The highest BCUT2D eigenvalue weighted by Gasteiger charge is 2.19. The smallest absolute Gasteiger partial charge is 0.407 e. The fourth-order valence-corrected chi connectivity index (χ4v) is 3.94. The summed E-state index contributed by atoms with van der Waals surface area (Å²) in [6.07, 6.45) is 1.10. The van der Waals surface area contributed by atoms with E-state index in [1.807, 2.05) is 6.07 Å². The van der Waals surface area contributed by atoms with Gasteiger partial charge in [0.2, 0.25) is 0 Å². The van der Waals surface area contributed by atoms with Gasteiger partial charge in [-0.1, -0.05) is 17.7 Å². The van der Waals surface area contributed by atoms with E-state index in [9.17, 15) is 14.9 Å². The summed E-state index contributed by atoms with van der Waals surface area (Å²) in [6.45, 7) is 5.37. The number of carbonyl (C=O) groups excluding carboxylic acids is 1. The number of aromatic nitrogens is 4. The summed E-state index contributed by atoms with van der Waals surface area (Å²) in [7, 11) is 1.78. The Labute approximate surface area is 206 Å². The number of aromatic amines is 1. The summed E-state index contributed by atoms with van der Waals surface area (Å²) in [5, 5.41) is 24.8. The van der Waals surface area contributed by atoms with Gasteiger partial charge in [0.1, 0.15) is 5.60 Å². The standard InChI is InChI=1S/C25H23ClN6O3/c1-25(2,3)35-24(34)28-13-21-19-9-14(6-8-17(19)23(33)31-30-21)20-12-29-32(4)22(20)18-10-16(26)7-5-15(18)11-27/h5-10,12H,13H2,1-4H3,(H,28,34)(H,31,33). The van der Waals surface area contributed by atoms with Crippen LogP contribution in [0.2, 0.25) is 5.02 Å². The number of alkyl carbamates (subject to hydrolysis) is 1. The Bertz CT molecular complexity index is 1540. The molecule has 0 fully saturated rings. The van der Waals surface area contributed by atoms with Crippen molar-refractivity contribution in [3.05, 3.63) is 69.2 Å². The van der Waals surface area contributed by atoms with Gasteiger partial charge in [-0.3, -0.25) is 9.48 Å². The van der Waals surface area contributed by atoms with Gasteiger partial charge < -0.3 is 10.1 Å². The molecule has 0 aliphatic carbocycles. The lowest BCUT2D eigenvalue weighted by Crippen LogP contribution is -2.32. The van der Waals surface area contributed by atoms with Crippen molar-refractivity contribution in [2.24, 2.45) is 7.05 Å². The highest BCUT2D eigenvalue weighted by atomic mass is 35.5. The van der Waals surface area contributed by atoms with Gasteiger partial charge in [0, 0.05) is 28.6 Å². The number of carbonyl (C=O) groups is 1. The third kappa shape index (κ3) is 5.03. The fourth-order valence-electron chi connectivity index (χ4n) is 3.77. The lowest BCUT2D eigenvalue weighted by molar-refractivity contribution is 0.0523. The molecule has 2 aromatic heterocycles. The van der Waals surface area contributed by atoms with Gasteiger partial charge in [0.05, 0.1) is 41.1 Å². The zero-order valence-electron chi connectivity index (χ0n) is 19.6. The lowest BCUT2D eigenvalue weighted by atomic mass is 9.96. The number of hydrogen-bond donors (Lipinski definition) is 2. The Hall–Kier alpha value is -4.16. The summed E-state index contributed by atoms with van der Waals surface area (Å²) < 4.78 is 6.96. The van der Waals surface area contributed by atoms with E-state index in [0.29, 0.717) is 38.3 Å². The monoisotopic (exact) mass is 490 g/mol. The topological polar surface area (TPSA) is 126 Å². The summed E-state index contributed by atoms with van der Waals surface area (Å²) in [5.74, 6) is 0. The first-order valence-electron chi connectivity index (χ1n) is 10.8. The van der Waals surface area contributed by atoms with Crippen molar-refractivity contribution in [3.63, 3.8) is 0 Å². The van der Waals surface area contributed by atoms with Crippen molar-refractivity contribution in [2.75, 3.05) is 0 Å². The zero-order valence-corrected chi connectivity index (χ0v) is 20.4. The Kier molecular flexibility index (Phi) is 6.33. The maximum atomic E-state index is 12.4. The van der Waals surface area contributed by atoms with Crippen LogP contribution >= 0.6 is 11.6 Å². The quantitative estimate of drug-likeness (QED) is 0.432. The molecule has 178 valence electrons. The molecule has 2 aromatic carbocycles. The molecule has 0 aliphatic heterocycles. The minimum atomic E-state index is -0.642. The molecule has 2 N–H and O–H groups in total. The second-order valence-corrected chi connectivity index (χ2v) is 9.38. The molecule has 4 rings (SSSR count). The number of amides is 1. The molecular weight excluding hydrogens is 468 g/mol. The van der Waals surface area contributed by atoms with E-state index >= 15 is 0 Å². The van der Waals surface area contributed by atoms with Crippen molar-refractivity contribution in [3.8, 4) is 28.5 Å². The van der Waals surface area contributed by atoms with Gasteiger partial charge in [0.25, 0.3) is 5.56 Å². The van der Waals surface area contributed by atoms with Crippen molar-refractivity contribution in [1.29, 1.82) is 5.26 Å². The van der Waals surface area contributed by atoms with E-state index in [0.717, 1.165) is 11.1 Å². The molecule has 0 aliphatic rings. The van der Waals surface area contributed by atoms with Gasteiger partial charge in [0.15, 0.2) is 0 Å². The van der Waals surface area contributed by atoms with Crippen LogP contribution in [0.15, 0.2) is 47.4 Å². The average molecular weight is 491 g/mol. The average Bonchev–Trinajstić information content (AvgIpc) is 3.18. The van der Waals surface area contributed by atoms with Crippen LogP contribution in [0.5, 0.6) is 0 Å². The van der Waals surface area contributed by atoms with E-state index < -0.39 is 11.7 Å². The number of benzene rings is 2. The Morgan fingerprint density at radius 1 is 1.20 bits per heavy atom. The Balaban J connectivity index is 1.80. The minimum absolute atomic E-state index is 0.0540. The second-order valence-electron chi connectivity index (χ2n) is 8.95. The number of nitriles is 1. The molecule has 2 heterocycles. The van der Waals surface area contributed by atoms with Gasteiger partial charge in [-0.2, -0.15) is 15.5 Å². The summed E-state index contributed by atoms with van der Waals surface area (Å²) in [5.41, 5.74) is 2.80. The molecule has 0 unspecified atom stereocenters. The second kappa shape index (κ2) is 9.24. The maximum Gasteiger partial charge on any atom is 0.407 e. The van der Waals surface area contributed by atoms with Crippen LogP contribution in [-0.2, 0) is 18.3 Å². The lowest BCUT2D eigenvalue weighted by Gasteiger charge is -2.19. The molecule has 0 saturated carbocycles. The van der Waals surface area contributed by atoms with Crippen LogP contribution in [0.3, 0.4) is 0 Å². The Morgan fingerprint density at radius 2 is 1.97 bits per heavy atom. The summed E-state index contributed by atoms with van der Waals surface area (Å²) in [4.78, 5) is 24.6. The van der Waals surface area contributed by atoms with Crippen molar-refractivity contribution < 1.29 is 9.53 Å². The molecule has 35 heavy (non-hydrogen) atoms. The molecular formula is C25H23ClN6O3. The van der Waals surface area contributed by atoms with E-state index in [1.54, 1.807) is 69.0 Å². The van der Waals surface area contributed by atoms with Crippen LogP contribution in [0.1, 0.15) is 32.0 Å². The third-order valence-electron chi connectivity index (χ3n) is 5.27. The van der Waals surface area contributed by atoms with Crippen molar-refractivity contribution in [1.82, 2.24) is 25.3 Å². The molecule has 0 radical (unpaired) electrons. The molecule has 9 nitrogen and oxygen atoms in total. The first kappa shape index (κ1) is 24.0. The van der Waals surface area contributed by atoms with Crippen LogP contribution in [-0.4, -0.2) is 31.7 Å². The number of rotatable bonds is 4. The number of nitrogens with one attached hydrogen (secondary N) is 2. The summed E-state index contributed by atoms with van der Waals surface area (Å²) >= 11 is 6.23. The van der Waals surface area contributed by atoms with Crippen molar-refractivity contribution in [2.45, 2.75) is 32.9 Å². The molecule has 0 bridgehead atoms. The van der Waals surface area contributed by atoms with Gasteiger partial charge in [-0.15, -0.1) is 0 Å². The number of ether oxygens (including phenoxy) is 1. The Morgan fingerprint density at radius 3 is 2.69 bits per heavy atom. The zero-order chi connectivity index (χ0) is 25.3. The van der Waals surface area contributed by atoms with E-state index in [-0.39, 0.29) is 12.1 Å².